The van der Waals surface area contributed by atoms with Crippen LogP contribution in [0.3, 0.4) is 0 Å². The zero-order valence-corrected chi connectivity index (χ0v) is 11.3. The zero-order chi connectivity index (χ0) is 13.4. The van der Waals surface area contributed by atoms with E-state index in [1.807, 2.05) is 31.6 Å². The molecule has 1 atom stereocenters. The van der Waals surface area contributed by atoms with E-state index in [-0.39, 0.29) is 6.04 Å². The van der Waals surface area contributed by atoms with Gasteiger partial charge in [-0.3, -0.25) is 4.68 Å². The molecule has 3 heterocycles. The van der Waals surface area contributed by atoms with Crippen molar-refractivity contribution in [3.05, 3.63) is 22.7 Å². The van der Waals surface area contributed by atoms with Crippen LogP contribution in [0.25, 0.3) is 23.1 Å². The van der Waals surface area contributed by atoms with Gasteiger partial charge in [0.25, 0.3) is 5.89 Å². The van der Waals surface area contributed by atoms with Crippen LogP contribution in [-0.4, -0.2) is 24.9 Å². The summed E-state index contributed by atoms with van der Waals surface area (Å²) in [6.07, 6.45) is 1.82. The minimum Gasteiger partial charge on any atom is -0.332 e. The van der Waals surface area contributed by atoms with Crippen molar-refractivity contribution in [1.82, 2.24) is 24.9 Å². The van der Waals surface area contributed by atoms with Gasteiger partial charge in [-0.1, -0.05) is 5.16 Å². The molecule has 7 nitrogen and oxygen atoms in total. The predicted molar refractivity (Wildman–Crippen MR) is 70.2 cm³/mol. The third-order valence-electron chi connectivity index (χ3n) is 2.50. The van der Waals surface area contributed by atoms with Crippen molar-refractivity contribution >= 4 is 11.3 Å². The van der Waals surface area contributed by atoms with Gasteiger partial charge in [0.05, 0.1) is 6.04 Å². The number of thiazole rings is 1. The minimum atomic E-state index is -0.100. The number of hydrogen-bond acceptors (Lipinski definition) is 7. The van der Waals surface area contributed by atoms with Crippen molar-refractivity contribution in [2.24, 2.45) is 12.8 Å². The zero-order valence-electron chi connectivity index (χ0n) is 10.4. The summed E-state index contributed by atoms with van der Waals surface area (Å²) >= 11 is 1.48. The van der Waals surface area contributed by atoms with Crippen LogP contribution in [0.1, 0.15) is 18.0 Å². The lowest BCUT2D eigenvalue weighted by Gasteiger charge is -1.95. The molecular weight excluding hydrogens is 264 g/mol. The summed E-state index contributed by atoms with van der Waals surface area (Å²) in [4.78, 5) is 8.65. The van der Waals surface area contributed by atoms with Gasteiger partial charge in [0.15, 0.2) is 0 Å². The maximum atomic E-state index is 5.77. The first-order chi connectivity index (χ1) is 9.13. The molecule has 3 aromatic heterocycles. The van der Waals surface area contributed by atoms with E-state index in [0.29, 0.717) is 23.1 Å². The molecule has 0 spiro atoms. The average molecular weight is 276 g/mol. The molecule has 19 heavy (non-hydrogen) atoms. The Morgan fingerprint density at radius 3 is 2.84 bits per heavy atom. The van der Waals surface area contributed by atoms with E-state index >= 15 is 0 Å². The Hall–Kier alpha value is -2.06. The van der Waals surface area contributed by atoms with E-state index in [1.165, 1.54) is 11.3 Å². The number of aryl methyl sites for hydroxylation is 1. The summed E-state index contributed by atoms with van der Waals surface area (Å²) < 4.78 is 6.88. The molecule has 0 amide bonds. The normalized spacial score (nSPS) is 12.8. The van der Waals surface area contributed by atoms with Gasteiger partial charge in [-0.15, -0.1) is 11.3 Å². The quantitative estimate of drug-likeness (QED) is 0.780. The molecule has 0 bridgehead atoms. The van der Waals surface area contributed by atoms with Crippen LogP contribution in [0.2, 0.25) is 0 Å². The first-order valence-corrected chi connectivity index (χ1v) is 6.56. The summed E-state index contributed by atoms with van der Waals surface area (Å²) in [5.41, 5.74) is 7.08. The fraction of sp³-hybridized carbons (Fsp3) is 0.273. The highest BCUT2D eigenvalue weighted by molar-refractivity contribution is 7.10. The fourth-order valence-electron chi connectivity index (χ4n) is 1.56. The maximum absolute atomic E-state index is 5.77. The van der Waals surface area contributed by atoms with E-state index in [9.17, 15) is 0 Å². The standard InChI is InChI=1S/C11H12N6OS/c1-6(12)11-13-8(5-19-11)10-14-9(16-18-10)7-3-4-17(2)15-7/h3-6H,12H2,1-2H3. The van der Waals surface area contributed by atoms with Crippen molar-refractivity contribution in [2.75, 3.05) is 0 Å². The molecule has 0 radical (unpaired) electrons. The number of nitrogens with zero attached hydrogens (tertiary/aromatic N) is 5. The van der Waals surface area contributed by atoms with Crippen molar-refractivity contribution in [2.45, 2.75) is 13.0 Å². The Bertz CT molecular complexity index is 697. The van der Waals surface area contributed by atoms with Crippen molar-refractivity contribution < 1.29 is 4.52 Å². The van der Waals surface area contributed by atoms with Gasteiger partial charge in [-0.05, 0) is 13.0 Å². The van der Waals surface area contributed by atoms with Crippen LogP contribution in [0.4, 0.5) is 0 Å². The second-order valence-electron chi connectivity index (χ2n) is 4.16. The Morgan fingerprint density at radius 2 is 2.21 bits per heavy atom. The monoisotopic (exact) mass is 276 g/mol. The summed E-state index contributed by atoms with van der Waals surface area (Å²) in [6.45, 7) is 1.88. The lowest BCUT2D eigenvalue weighted by molar-refractivity contribution is 0.431. The van der Waals surface area contributed by atoms with Gasteiger partial charge in [0.2, 0.25) is 5.82 Å². The Kier molecular flexibility index (Phi) is 2.88. The van der Waals surface area contributed by atoms with Crippen molar-refractivity contribution in [3.63, 3.8) is 0 Å². The average Bonchev–Trinajstić information content (AvgIpc) is 3.07. The lowest BCUT2D eigenvalue weighted by atomic mass is 10.4. The second-order valence-corrected chi connectivity index (χ2v) is 5.05. The molecule has 0 aliphatic heterocycles. The van der Waals surface area contributed by atoms with E-state index < -0.39 is 0 Å². The Labute approximate surface area is 113 Å². The molecular formula is C11H12N6OS. The largest absolute Gasteiger partial charge is 0.332 e. The predicted octanol–water partition coefficient (Wildman–Crippen LogP) is 1.61. The number of nitrogens with two attached hydrogens (primary N) is 1. The van der Waals surface area contributed by atoms with E-state index in [2.05, 4.69) is 20.2 Å². The van der Waals surface area contributed by atoms with Crippen LogP contribution < -0.4 is 5.73 Å². The Morgan fingerprint density at radius 1 is 1.37 bits per heavy atom. The van der Waals surface area contributed by atoms with E-state index in [1.54, 1.807) is 4.68 Å². The molecule has 0 aliphatic rings. The topological polar surface area (TPSA) is 95.7 Å². The molecule has 8 heteroatoms. The number of aromatic nitrogens is 5. The smallest absolute Gasteiger partial charge is 0.277 e. The summed E-state index contributed by atoms with van der Waals surface area (Å²) in [5, 5.41) is 10.8. The highest BCUT2D eigenvalue weighted by Gasteiger charge is 2.16. The van der Waals surface area contributed by atoms with Crippen LogP contribution in [-0.2, 0) is 7.05 Å². The molecule has 0 saturated heterocycles. The minimum absolute atomic E-state index is 0.100. The summed E-state index contributed by atoms with van der Waals surface area (Å²) in [7, 11) is 1.83. The summed E-state index contributed by atoms with van der Waals surface area (Å²) in [5.74, 6) is 0.828. The highest BCUT2D eigenvalue weighted by Crippen LogP contribution is 2.24. The highest BCUT2D eigenvalue weighted by atomic mass is 32.1. The second kappa shape index (κ2) is 4.56. The van der Waals surface area contributed by atoms with E-state index in [0.717, 1.165) is 5.01 Å². The van der Waals surface area contributed by atoms with E-state index in [4.69, 9.17) is 10.3 Å². The maximum Gasteiger partial charge on any atom is 0.277 e. The van der Waals surface area contributed by atoms with Crippen molar-refractivity contribution in [3.8, 4) is 23.1 Å². The number of hydrogen-bond donors (Lipinski definition) is 1. The lowest BCUT2D eigenvalue weighted by Crippen LogP contribution is -2.03. The van der Waals surface area contributed by atoms with Crippen molar-refractivity contribution in [1.29, 1.82) is 0 Å². The van der Waals surface area contributed by atoms with Gasteiger partial charge < -0.3 is 10.3 Å². The van der Waals surface area contributed by atoms with Gasteiger partial charge in [-0.2, -0.15) is 10.1 Å². The van der Waals surface area contributed by atoms with Gasteiger partial charge in [0, 0.05) is 18.6 Å². The molecule has 1 unspecified atom stereocenters. The first-order valence-electron chi connectivity index (χ1n) is 5.68. The summed E-state index contributed by atoms with van der Waals surface area (Å²) in [6, 6.07) is 1.72. The molecule has 0 aromatic carbocycles. The van der Waals surface area contributed by atoms with Gasteiger partial charge >= 0.3 is 0 Å². The van der Waals surface area contributed by atoms with Crippen LogP contribution >= 0.6 is 11.3 Å². The van der Waals surface area contributed by atoms with Crippen LogP contribution in [0.5, 0.6) is 0 Å². The molecule has 3 aromatic rings. The van der Waals surface area contributed by atoms with Gasteiger partial charge in [0.1, 0.15) is 16.4 Å². The van der Waals surface area contributed by atoms with Gasteiger partial charge in [-0.25, -0.2) is 4.98 Å². The molecule has 2 N–H and O–H groups in total. The van der Waals surface area contributed by atoms with Crippen LogP contribution in [0.15, 0.2) is 22.2 Å². The SMILES string of the molecule is CC(N)c1nc(-c2nc(-c3ccn(C)n3)no2)cs1. The van der Waals surface area contributed by atoms with Crippen LogP contribution in [0, 0.1) is 0 Å². The molecule has 98 valence electrons. The molecule has 3 rings (SSSR count). The third kappa shape index (κ3) is 2.27. The third-order valence-corrected chi connectivity index (χ3v) is 3.55. The Balaban J connectivity index is 1.92. The molecule has 0 saturated carbocycles. The fourth-order valence-corrected chi connectivity index (χ4v) is 2.31. The molecule has 0 fully saturated rings. The number of rotatable bonds is 3. The first kappa shape index (κ1) is 12.0. The molecule has 0 aliphatic carbocycles.